The molecule has 0 bridgehead atoms. The van der Waals surface area contributed by atoms with Crippen LogP contribution in [0.15, 0.2) is 42.7 Å². The van der Waals surface area contributed by atoms with Crippen LogP contribution in [0.3, 0.4) is 0 Å². The highest BCUT2D eigenvalue weighted by molar-refractivity contribution is 5.76. The van der Waals surface area contributed by atoms with Crippen LogP contribution in [0.4, 0.5) is 0 Å². The minimum Gasteiger partial charge on any atom is -0.488 e. The van der Waals surface area contributed by atoms with Crippen LogP contribution < -0.4 is 14.2 Å². The summed E-state index contributed by atoms with van der Waals surface area (Å²) < 4.78 is 16.9. The lowest BCUT2D eigenvalue weighted by molar-refractivity contribution is -0.130. The summed E-state index contributed by atoms with van der Waals surface area (Å²) in [7, 11) is 0. The zero-order valence-corrected chi connectivity index (χ0v) is 16.8. The average molecular weight is 410 g/mol. The summed E-state index contributed by atoms with van der Waals surface area (Å²) in [4.78, 5) is 18.7. The van der Waals surface area contributed by atoms with Gasteiger partial charge >= 0.3 is 0 Å². The number of aliphatic hydroxyl groups is 1. The highest BCUT2D eigenvalue weighted by atomic mass is 16.7. The van der Waals surface area contributed by atoms with Crippen molar-refractivity contribution in [3.63, 3.8) is 0 Å². The van der Waals surface area contributed by atoms with Crippen molar-refractivity contribution in [2.45, 2.75) is 37.9 Å². The Bertz CT molecular complexity index is 906. The van der Waals surface area contributed by atoms with E-state index >= 15 is 0 Å². The molecule has 1 aliphatic carbocycles. The molecule has 1 amide bonds. The van der Waals surface area contributed by atoms with E-state index in [4.69, 9.17) is 14.2 Å². The molecule has 3 heterocycles. The number of aliphatic hydroxyl groups excluding tert-OH is 1. The largest absolute Gasteiger partial charge is 0.488 e. The quantitative estimate of drug-likeness (QED) is 0.815. The fraction of sp³-hybridized carbons (Fsp3) is 0.478. The number of hydrogen-bond donors (Lipinski definition) is 1. The van der Waals surface area contributed by atoms with Crippen LogP contribution in [0.5, 0.6) is 17.2 Å². The van der Waals surface area contributed by atoms with E-state index in [0.717, 1.165) is 31.5 Å². The van der Waals surface area contributed by atoms with Crippen LogP contribution in [0.1, 0.15) is 24.8 Å². The third-order valence-electron chi connectivity index (χ3n) is 6.45. The number of aromatic nitrogens is 1. The smallest absolute Gasteiger partial charge is 0.231 e. The molecule has 2 fully saturated rings. The van der Waals surface area contributed by atoms with Gasteiger partial charge in [-0.2, -0.15) is 0 Å². The molecule has 1 aromatic heterocycles. The summed E-state index contributed by atoms with van der Waals surface area (Å²) >= 11 is 0. The number of carbonyl (C=O) groups is 1. The summed E-state index contributed by atoms with van der Waals surface area (Å²) in [6, 6.07) is 9.38. The van der Waals surface area contributed by atoms with Gasteiger partial charge in [0.05, 0.1) is 6.10 Å². The van der Waals surface area contributed by atoms with E-state index in [-0.39, 0.29) is 18.8 Å². The monoisotopic (exact) mass is 410 g/mol. The van der Waals surface area contributed by atoms with Gasteiger partial charge in [0.15, 0.2) is 11.5 Å². The molecule has 1 saturated heterocycles. The van der Waals surface area contributed by atoms with Gasteiger partial charge in [-0.25, -0.2) is 0 Å². The molecular weight excluding hydrogens is 384 g/mol. The number of aryl methyl sites for hydroxylation is 1. The number of likely N-dealkylation sites (tertiary alicyclic amines) is 1. The van der Waals surface area contributed by atoms with E-state index in [1.807, 2.05) is 35.2 Å². The van der Waals surface area contributed by atoms with Gasteiger partial charge in [-0.3, -0.25) is 9.78 Å². The Morgan fingerprint density at radius 2 is 1.87 bits per heavy atom. The molecule has 0 unspecified atom stereocenters. The average Bonchev–Trinajstić information content (AvgIpc) is 3.39. The van der Waals surface area contributed by atoms with Crippen LogP contribution in [0.25, 0.3) is 0 Å². The minimum absolute atomic E-state index is 0.184. The summed E-state index contributed by atoms with van der Waals surface area (Å²) in [5.41, 5.74) is 1.13. The number of amides is 1. The Hall–Kier alpha value is -2.80. The van der Waals surface area contributed by atoms with Crippen molar-refractivity contribution in [2.75, 3.05) is 19.9 Å². The van der Waals surface area contributed by atoms with E-state index < -0.39 is 6.10 Å². The van der Waals surface area contributed by atoms with Crippen LogP contribution in [-0.4, -0.2) is 53.0 Å². The fourth-order valence-corrected chi connectivity index (χ4v) is 4.80. The number of hydrogen-bond acceptors (Lipinski definition) is 6. The number of carbonyl (C=O) groups excluding carboxylic acids is 1. The zero-order valence-electron chi connectivity index (χ0n) is 16.8. The van der Waals surface area contributed by atoms with E-state index in [0.29, 0.717) is 41.9 Å². The maximum Gasteiger partial charge on any atom is 0.231 e. The van der Waals surface area contributed by atoms with E-state index in [1.165, 1.54) is 0 Å². The Morgan fingerprint density at radius 3 is 2.70 bits per heavy atom. The maximum atomic E-state index is 12.7. The van der Waals surface area contributed by atoms with Crippen molar-refractivity contribution in [3.05, 3.63) is 48.3 Å². The summed E-state index contributed by atoms with van der Waals surface area (Å²) in [5.74, 6) is 2.93. The summed E-state index contributed by atoms with van der Waals surface area (Å²) in [5, 5.41) is 10.7. The highest BCUT2D eigenvalue weighted by Crippen LogP contribution is 2.40. The highest BCUT2D eigenvalue weighted by Gasteiger charge is 2.43. The van der Waals surface area contributed by atoms with Crippen LogP contribution in [0, 0.1) is 11.8 Å². The molecule has 3 aliphatic rings. The first-order chi connectivity index (χ1) is 14.7. The molecule has 1 saturated carbocycles. The number of pyridine rings is 1. The Kier molecular flexibility index (Phi) is 5.21. The molecule has 2 aliphatic heterocycles. The number of fused-ring (bicyclic) bond motifs is 2. The van der Waals surface area contributed by atoms with Gasteiger partial charge in [-0.05, 0) is 60.9 Å². The second-order valence-electron chi connectivity index (χ2n) is 8.38. The topological polar surface area (TPSA) is 81.1 Å². The van der Waals surface area contributed by atoms with Crippen molar-refractivity contribution < 1.29 is 24.1 Å². The lowest BCUT2D eigenvalue weighted by atomic mass is 9.78. The number of benzene rings is 1. The maximum absolute atomic E-state index is 12.7. The molecule has 0 spiro atoms. The standard InChI is InChI=1S/C23H26N2O5/c26-19-9-16-12-25(23(27)4-1-15-5-7-24-8-6-15)13-17(16)10-21(19)30-18-2-3-20-22(11-18)29-14-28-20/h2-3,5-8,11,16-17,19,21,26H,1,4,9-10,12-14H2/t16-,17+,19+,21+/m0/s1. The van der Waals surface area contributed by atoms with E-state index in [1.54, 1.807) is 12.4 Å². The Labute approximate surface area is 175 Å². The molecule has 7 heteroatoms. The predicted octanol–water partition coefficient (Wildman–Crippen LogP) is 2.42. The molecule has 5 rings (SSSR count). The van der Waals surface area contributed by atoms with Gasteiger partial charge < -0.3 is 24.2 Å². The van der Waals surface area contributed by atoms with Gasteiger partial charge in [-0.1, -0.05) is 0 Å². The van der Waals surface area contributed by atoms with Crippen LogP contribution in [-0.2, 0) is 11.2 Å². The van der Waals surface area contributed by atoms with Gasteiger partial charge in [0.25, 0.3) is 0 Å². The number of rotatable bonds is 5. The number of ether oxygens (including phenoxy) is 3. The van der Waals surface area contributed by atoms with Gasteiger partial charge in [0, 0.05) is 38.0 Å². The van der Waals surface area contributed by atoms with E-state index in [2.05, 4.69) is 4.98 Å². The van der Waals surface area contributed by atoms with Crippen molar-refractivity contribution in [1.82, 2.24) is 9.88 Å². The molecule has 0 radical (unpaired) electrons. The molecule has 158 valence electrons. The first-order valence-corrected chi connectivity index (χ1v) is 10.6. The molecule has 1 aromatic carbocycles. The Balaban J connectivity index is 1.17. The molecule has 2 aromatic rings. The molecular formula is C23H26N2O5. The zero-order chi connectivity index (χ0) is 20.5. The van der Waals surface area contributed by atoms with Gasteiger partial charge in [0.1, 0.15) is 11.9 Å². The van der Waals surface area contributed by atoms with Gasteiger partial charge in [0.2, 0.25) is 12.7 Å². The second-order valence-corrected chi connectivity index (χ2v) is 8.38. The molecule has 7 nitrogen and oxygen atoms in total. The normalized spacial score (nSPS) is 27.0. The van der Waals surface area contributed by atoms with Crippen molar-refractivity contribution >= 4 is 5.91 Å². The molecule has 1 N–H and O–H groups in total. The third-order valence-corrected chi connectivity index (χ3v) is 6.45. The summed E-state index contributed by atoms with van der Waals surface area (Å²) in [6.07, 6.45) is 5.33. The van der Waals surface area contributed by atoms with Crippen molar-refractivity contribution in [1.29, 1.82) is 0 Å². The lowest BCUT2D eigenvalue weighted by Crippen LogP contribution is -2.42. The molecule has 4 atom stereocenters. The molecule has 30 heavy (non-hydrogen) atoms. The minimum atomic E-state index is -0.538. The van der Waals surface area contributed by atoms with Crippen molar-refractivity contribution in [2.24, 2.45) is 11.8 Å². The first-order valence-electron chi connectivity index (χ1n) is 10.6. The van der Waals surface area contributed by atoms with Gasteiger partial charge in [-0.15, -0.1) is 0 Å². The lowest BCUT2D eigenvalue weighted by Gasteiger charge is -2.35. The van der Waals surface area contributed by atoms with Crippen molar-refractivity contribution in [3.8, 4) is 17.2 Å². The van der Waals surface area contributed by atoms with Crippen LogP contribution in [0.2, 0.25) is 0 Å². The SMILES string of the molecule is O=C(CCc1ccncc1)N1C[C@H]2C[C@@H](Oc3ccc4c(c3)OCO4)[C@H](O)C[C@H]2C1. The third kappa shape index (κ3) is 3.94. The number of nitrogens with zero attached hydrogens (tertiary/aromatic N) is 2. The van der Waals surface area contributed by atoms with E-state index in [9.17, 15) is 9.90 Å². The van der Waals surface area contributed by atoms with Crippen LogP contribution >= 0.6 is 0 Å². The summed E-state index contributed by atoms with van der Waals surface area (Å²) in [6.45, 7) is 1.70. The fourth-order valence-electron chi connectivity index (χ4n) is 4.80. The second kappa shape index (κ2) is 8.14. The Morgan fingerprint density at radius 1 is 1.10 bits per heavy atom. The predicted molar refractivity (Wildman–Crippen MR) is 108 cm³/mol. The first kappa shape index (κ1) is 19.2.